The van der Waals surface area contributed by atoms with Crippen molar-refractivity contribution in [2.75, 3.05) is 11.9 Å². The van der Waals surface area contributed by atoms with Gasteiger partial charge >= 0.3 is 5.97 Å². The number of hydrogen-bond donors (Lipinski definition) is 2. The Labute approximate surface area is 123 Å². The quantitative estimate of drug-likeness (QED) is 0.814. The second-order valence-electron chi connectivity index (χ2n) is 4.04. The summed E-state index contributed by atoms with van der Waals surface area (Å²) in [5, 5.41) is 4.41. The Kier molecular flexibility index (Phi) is 4.39. The minimum absolute atomic E-state index is 0.213. The standard InChI is InChI=1S/C13H12N2O5S/c1-7-8(2-4-19-7)13(18)20-6-10(16)15-12-9(11(14)17)3-5-21-12/h2-5H,6H2,1H3,(H2,14,17)(H,15,16). The van der Waals surface area contributed by atoms with Crippen LogP contribution in [0, 0.1) is 6.92 Å². The molecule has 0 spiro atoms. The van der Waals surface area contributed by atoms with Crippen LogP contribution in [-0.4, -0.2) is 24.4 Å². The van der Waals surface area contributed by atoms with Crippen LogP contribution < -0.4 is 11.1 Å². The topological polar surface area (TPSA) is 112 Å². The fourth-order valence-electron chi connectivity index (χ4n) is 1.57. The van der Waals surface area contributed by atoms with E-state index in [4.69, 9.17) is 14.9 Å². The number of primary amides is 1. The Hall–Kier alpha value is -2.61. The summed E-state index contributed by atoms with van der Waals surface area (Å²) in [4.78, 5) is 34.5. The van der Waals surface area contributed by atoms with E-state index in [9.17, 15) is 14.4 Å². The molecule has 0 radical (unpaired) electrons. The lowest BCUT2D eigenvalue weighted by Gasteiger charge is -2.05. The van der Waals surface area contributed by atoms with E-state index < -0.39 is 24.4 Å². The van der Waals surface area contributed by atoms with Crippen LogP contribution in [0.2, 0.25) is 0 Å². The van der Waals surface area contributed by atoms with Crippen LogP contribution in [0.4, 0.5) is 5.00 Å². The molecular weight excluding hydrogens is 296 g/mol. The van der Waals surface area contributed by atoms with Gasteiger partial charge in [-0.05, 0) is 24.4 Å². The number of carbonyl (C=O) groups is 3. The summed E-state index contributed by atoms with van der Waals surface area (Å²) in [6.45, 7) is 1.14. The summed E-state index contributed by atoms with van der Waals surface area (Å²) in [6.07, 6.45) is 1.36. The molecule has 0 aliphatic carbocycles. The molecule has 0 aliphatic rings. The zero-order chi connectivity index (χ0) is 15.4. The number of ether oxygens (including phenoxy) is 1. The zero-order valence-electron chi connectivity index (χ0n) is 11.0. The fourth-order valence-corrected chi connectivity index (χ4v) is 2.38. The highest BCUT2D eigenvalue weighted by Gasteiger charge is 2.16. The van der Waals surface area contributed by atoms with E-state index in [-0.39, 0.29) is 11.1 Å². The molecule has 3 N–H and O–H groups in total. The van der Waals surface area contributed by atoms with E-state index >= 15 is 0 Å². The number of amides is 2. The summed E-state index contributed by atoms with van der Waals surface area (Å²) < 4.78 is 9.82. The number of nitrogens with two attached hydrogens (primary N) is 1. The van der Waals surface area contributed by atoms with E-state index in [1.54, 1.807) is 12.3 Å². The second kappa shape index (κ2) is 6.23. The van der Waals surface area contributed by atoms with Gasteiger partial charge in [0, 0.05) is 0 Å². The lowest BCUT2D eigenvalue weighted by molar-refractivity contribution is -0.119. The molecule has 2 amide bonds. The Bertz CT molecular complexity index is 688. The van der Waals surface area contributed by atoms with Gasteiger partial charge in [0.1, 0.15) is 16.3 Å². The maximum absolute atomic E-state index is 11.7. The molecule has 8 heteroatoms. The highest BCUT2D eigenvalue weighted by atomic mass is 32.1. The number of furan rings is 1. The van der Waals surface area contributed by atoms with Crippen molar-refractivity contribution in [1.82, 2.24) is 0 Å². The molecular formula is C13H12N2O5S. The third-order valence-electron chi connectivity index (χ3n) is 2.60. The van der Waals surface area contributed by atoms with Gasteiger partial charge in [-0.1, -0.05) is 0 Å². The third-order valence-corrected chi connectivity index (χ3v) is 3.43. The van der Waals surface area contributed by atoms with Crippen LogP contribution in [0.5, 0.6) is 0 Å². The number of carbonyl (C=O) groups excluding carboxylic acids is 3. The molecule has 0 aromatic carbocycles. The average molecular weight is 308 g/mol. The Morgan fingerprint density at radius 2 is 2.10 bits per heavy atom. The van der Waals surface area contributed by atoms with Crippen molar-refractivity contribution in [3.05, 3.63) is 40.7 Å². The molecule has 2 aromatic heterocycles. The molecule has 0 fully saturated rings. The Morgan fingerprint density at radius 1 is 1.33 bits per heavy atom. The molecule has 2 rings (SSSR count). The zero-order valence-corrected chi connectivity index (χ0v) is 11.9. The van der Waals surface area contributed by atoms with Crippen LogP contribution in [0.3, 0.4) is 0 Å². The number of nitrogens with one attached hydrogen (secondary N) is 1. The van der Waals surface area contributed by atoms with Gasteiger partial charge in [0.2, 0.25) is 0 Å². The molecule has 2 heterocycles. The minimum atomic E-state index is -0.655. The first kappa shape index (κ1) is 14.8. The monoisotopic (exact) mass is 308 g/mol. The van der Waals surface area contributed by atoms with Gasteiger partial charge in [-0.25, -0.2) is 4.79 Å². The first-order valence-corrected chi connectivity index (χ1v) is 6.75. The lowest BCUT2D eigenvalue weighted by Crippen LogP contribution is -2.22. The van der Waals surface area contributed by atoms with E-state index in [0.29, 0.717) is 10.8 Å². The first-order chi connectivity index (χ1) is 9.99. The van der Waals surface area contributed by atoms with Crippen LogP contribution in [-0.2, 0) is 9.53 Å². The van der Waals surface area contributed by atoms with Crippen LogP contribution >= 0.6 is 11.3 Å². The summed E-state index contributed by atoms with van der Waals surface area (Å²) in [6, 6.07) is 2.96. The third kappa shape index (κ3) is 3.48. The molecule has 21 heavy (non-hydrogen) atoms. The number of aryl methyl sites for hydroxylation is 1. The molecule has 0 saturated carbocycles. The minimum Gasteiger partial charge on any atom is -0.469 e. The summed E-state index contributed by atoms with van der Waals surface area (Å²) >= 11 is 1.15. The normalized spacial score (nSPS) is 10.1. The van der Waals surface area contributed by atoms with Gasteiger partial charge in [-0.15, -0.1) is 11.3 Å². The average Bonchev–Trinajstić information content (AvgIpc) is 3.04. The molecule has 0 aliphatic heterocycles. The number of esters is 1. The van der Waals surface area contributed by atoms with Crippen LogP contribution in [0.15, 0.2) is 28.2 Å². The maximum Gasteiger partial charge on any atom is 0.342 e. The van der Waals surface area contributed by atoms with Gasteiger partial charge in [-0.2, -0.15) is 0 Å². The van der Waals surface area contributed by atoms with Crippen molar-refractivity contribution in [2.24, 2.45) is 5.73 Å². The van der Waals surface area contributed by atoms with E-state index in [1.165, 1.54) is 18.4 Å². The Morgan fingerprint density at radius 3 is 2.71 bits per heavy atom. The number of thiophene rings is 1. The largest absolute Gasteiger partial charge is 0.469 e. The highest BCUT2D eigenvalue weighted by Crippen LogP contribution is 2.22. The van der Waals surface area contributed by atoms with E-state index in [1.807, 2.05) is 0 Å². The second-order valence-corrected chi connectivity index (χ2v) is 4.96. The molecule has 2 aromatic rings. The lowest BCUT2D eigenvalue weighted by atomic mass is 10.3. The molecule has 0 atom stereocenters. The fraction of sp³-hybridized carbons (Fsp3) is 0.154. The predicted octanol–water partition coefficient (Wildman–Crippen LogP) is 1.54. The van der Waals surface area contributed by atoms with Crippen molar-refractivity contribution < 1.29 is 23.5 Å². The molecule has 110 valence electrons. The SMILES string of the molecule is Cc1occc1C(=O)OCC(=O)Nc1sccc1C(N)=O. The smallest absolute Gasteiger partial charge is 0.342 e. The van der Waals surface area contributed by atoms with Gasteiger partial charge < -0.3 is 20.2 Å². The molecule has 7 nitrogen and oxygen atoms in total. The van der Waals surface area contributed by atoms with Gasteiger partial charge in [-0.3, -0.25) is 9.59 Å². The van der Waals surface area contributed by atoms with Crippen molar-refractivity contribution >= 4 is 34.1 Å². The highest BCUT2D eigenvalue weighted by molar-refractivity contribution is 7.14. The van der Waals surface area contributed by atoms with Crippen LogP contribution in [0.25, 0.3) is 0 Å². The number of hydrogen-bond acceptors (Lipinski definition) is 6. The summed E-state index contributed by atoms with van der Waals surface area (Å²) in [5.41, 5.74) is 5.63. The molecule has 0 saturated heterocycles. The molecule has 0 unspecified atom stereocenters. The number of rotatable bonds is 5. The summed E-state index contributed by atoms with van der Waals surface area (Å²) in [7, 11) is 0. The van der Waals surface area contributed by atoms with E-state index in [2.05, 4.69) is 5.32 Å². The predicted molar refractivity (Wildman–Crippen MR) is 75.2 cm³/mol. The van der Waals surface area contributed by atoms with Crippen molar-refractivity contribution in [1.29, 1.82) is 0 Å². The van der Waals surface area contributed by atoms with Crippen molar-refractivity contribution in [3.8, 4) is 0 Å². The van der Waals surface area contributed by atoms with Crippen LogP contribution in [0.1, 0.15) is 26.5 Å². The van der Waals surface area contributed by atoms with E-state index in [0.717, 1.165) is 11.3 Å². The van der Waals surface area contributed by atoms with Crippen molar-refractivity contribution in [3.63, 3.8) is 0 Å². The van der Waals surface area contributed by atoms with Gasteiger partial charge in [0.15, 0.2) is 6.61 Å². The summed E-state index contributed by atoms with van der Waals surface area (Å²) in [5.74, 6) is -1.45. The molecule has 0 bridgehead atoms. The first-order valence-electron chi connectivity index (χ1n) is 5.87. The van der Waals surface area contributed by atoms with Crippen molar-refractivity contribution in [2.45, 2.75) is 6.92 Å². The number of anilines is 1. The van der Waals surface area contributed by atoms with Gasteiger partial charge in [0.05, 0.1) is 11.8 Å². The van der Waals surface area contributed by atoms with Gasteiger partial charge in [0.25, 0.3) is 11.8 Å². The maximum atomic E-state index is 11.7. The Balaban J connectivity index is 1.91.